The Hall–Kier alpha value is -1.32. The van der Waals surface area contributed by atoms with E-state index in [0.29, 0.717) is 12.0 Å². The molecule has 2 saturated carbocycles. The highest BCUT2D eigenvalue weighted by Crippen LogP contribution is 2.43. The quantitative estimate of drug-likeness (QED) is 0.800. The number of amides is 1. The largest absolute Gasteiger partial charge is 0.351 e. The lowest BCUT2D eigenvalue weighted by atomic mass is 9.87. The molecule has 0 spiro atoms. The van der Waals surface area contributed by atoms with Crippen LogP contribution in [0.1, 0.15) is 56.6 Å². The maximum absolute atomic E-state index is 11.3. The number of rotatable bonds is 6. The van der Waals surface area contributed by atoms with Gasteiger partial charge in [-0.3, -0.25) is 4.79 Å². The first-order valence-electron chi connectivity index (χ1n) is 7.58. The third kappa shape index (κ3) is 2.99. The van der Waals surface area contributed by atoms with Crippen molar-refractivity contribution in [3.05, 3.63) is 18.2 Å². The van der Waals surface area contributed by atoms with E-state index in [-0.39, 0.29) is 0 Å². The van der Waals surface area contributed by atoms with Crippen LogP contribution in [0.25, 0.3) is 0 Å². The average Bonchev–Trinajstić information content (AvgIpc) is 3.05. The van der Waals surface area contributed by atoms with Crippen LogP contribution in [-0.4, -0.2) is 33.9 Å². The molecule has 2 aliphatic rings. The van der Waals surface area contributed by atoms with Crippen LogP contribution in [0.15, 0.2) is 12.5 Å². The van der Waals surface area contributed by atoms with Crippen molar-refractivity contribution in [1.82, 2.24) is 14.9 Å². The Morgan fingerprint density at radius 3 is 2.89 bits per heavy atom. The first-order chi connectivity index (χ1) is 9.38. The molecule has 2 aliphatic carbocycles. The summed E-state index contributed by atoms with van der Waals surface area (Å²) in [7, 11) is 0. The summed E-state index contributed by atoms with van der Waals surface area (Å²) in [6, 6.07) is 0.393. The first-order valence-corrected chi connectivity index (χ1v) is 7.58. The van der Waals surface area contributed by atoms with Crippen LogP contribution in [0.5, 0.6) is 0 Å². The van der Waals surface area contributed by atoms with Gasteiger partial charge in [0.15, 0.2) is 0 Å². The molecule has 1 aromatic rings. The van der Waals surface area contributed by atoms with E-state index in [9.17, 15) is 4.79 Å². The Morgan fingerprint density at radius 2 is 2.21 bits per heavy atom. The summed E-state index contributed by atoms with van der Waals surface area (Å²) in [6.07, 6.45) is 13.9. The number of imidazole rings is 1. The highest BCUT2D eigenvalue weighted by Gasteiger charge is 2.43. The number of aromatic amines is 1. The summed E-state index contributed by atoms with van der Waals surface area (Å²) in [4.78, 5) is 20.6. The summed E-state index contributed by atoms with van der Waals surface area (Å²) in [5, 5.41) is 0. The molecule has 0 aliphatic heterocycles. The van der Waals surface area contributed by atoms with Crippen LogP contribution >= 0.6 is 0 Å². The molecule has 0 saturated heterocycles. The van der Waals surface area contributed by atoms with Gasteiger partial charge in [-0.1, -0.05) is 32.1 Å². The molecule has 1 N–H and O–H groups in total. The van der Waals surface area contributed by atoms with E-state index in [1.165, 1.54) is 38.5 Å². The second-order valence-corrected chi connectivity index (χ2v) is 6.04. The standard InChI is InChI=1S/C15H23N3O/c19-11-18(7-6-12-4-2-1-3-5-12)15-8-13(15)14-9-16-10-17-14/h9-13,15H,1-8H2,(H,16,17)/t13-,15+/m0/s1. The van der Waals surface area contributed by atoms with E-state index in [2.05, 4.69) is 9.97 Å². The maximum Gasteiger partial charge on any atom is 0.209 e. The minimum atomic E-state index is 0.393. The molecule has 4 heteroatoms. The van der Waals surface area contributed by atoms with Crippen LogP contribution in [0, 0.1) is 5.92 Å². The Labute approximate surface area is 114 Å². The zero-order valence-electron chi connectivity index (χ0n) is 11.4. The Morgan fingerprint density at radius 1 is 1.37 bits per heavy atom. The molecule has 0 radical (unpaired) electrons. The third-order valence-electron chi connectivity index (χ3n) is 4.74. The first kappa shape index (κ1) is 12.7. The number of H-pyrrole nitrogens is 1. The van der Waals surface area contributed by atoms with Gasteiger partial charge >= 0.3 is 0 Å². The number of hydrogen-bond donors (Lipinski definition) is 1. The van der Waals surface area contributed by atoms with Gasteiger partial charge in [0.2, 0.25) is 6.41 Å². The number of carbonyl (C=O) groups is 1. The topological polar surface area (TPSA) is 49.0 Å². The van der Waals surface area contributed by atoms with Crippen molar-refractivity contribution in [1.29, 1.82) is 0 Å². The van der Waals surface area contributed by atoms with Crippen LogP contribution in [0.2, 0.25) is 0 Å². The number of aromatic nitrogens is 2. The lowest BCUT2D eigenvalue weighted by Crippen LogP contribution is -2.28. The van der Waals surface area contributed by atoms with Gasteiger partial charge in [0.05, 0.1) is 12.0 Å². The Bertz CT molecular complexity index is 398. The SMILES string of the molecule is O=CN(CCC1CCCCC1)[C@@H]1C[C@H]1c1c[nH]cn1. The predicted molar refractivity (Wildman–Crippen MR) is 73.7 cm³/mol. The van der Waals surface area contributed by atoms with Gasteiger partial charge in [0, 0.05) is 24.7 Å². The third-order valence-corrected chi connectivity index (χ3v) is 4.74. The Balaban J connectivity index is 1.47. The maximum atomic E-state index is 11.3. The molecule has 2 atom stereocenters. The summed E-state index contributed by atoms with van der Waals surface area (Å²) < 4.78 is 0. The summed E-state index contributed by atoms with van der Waals surface area (Å²) in [5.74, 6) is 1.31. The average molecular weight is 261 g/mol. The molecule has 104 valence electrons. The van der Waals surface area contributed by atoms with E-state index in [4.69, 9.17) is 0 Å². The van der Waals surface area contributed by atoms with Crippen molar-refractivity contribution in [3.8, 4) is 0 Å². The molecule has 19 heavy (non-hydrogen) atoms. The molecular formula is C15H23N3O. The fourth-order valence-corrected chi connectivity index (χ4v) is 3.44. The number of nitrogens with zero attached hydrogens (tertiary/aromatic N) is 2. The minimum Gasteiger partial charge on any atom is -0.351 e. The van der Waals surface area contributed by atoms with E-state index in [1.807, 2.05) is 11.1 Å². The molecule has 4 nitrogen and oxygen atoms in total. The lowest BCUT2D eigenvalue weighted by molar-refractivity contribution is -0.118. The number of carbonyl (C=O) groups excluding carboxylic acids is 1. The van der Waals surface area contributed by atoms with Crippen molar-refractivity contribution in [2.45, 2.75) is 56.9 Å². The molecule has 1 aromatic heterocycles. The smallest absolute Gasteiger partial charge is 0.209 e. The number of nitrogens with one attached hydrogen (secondary N) is 1. The van der Waals surface area contributed by atoms with Crippen molar-refractivity contribution < 1.29 is 4.79 Å². The second kappa shape index (κ2) is 5.76. The van der Waals surface area contributed by atoms with Gasteiger partial charge in [0.25, 0.3) is 0 Å². The van der Waals surface area contributed by atoms with Gasteiger partial charge in [-0.25, -0.2) is 4.98 Å². The molecule has 0 bridgehead atoms. The van der Waals surface area contributed by atoms with E-state index in [0.717, 1.165) is 31.0 Å². The molecular weight excluding hydrogens is 238 g/mol. The van der Waals surface area contributed by atoms with Crippen molar-refractivity contribution in [3.63, 3.8) is 0 Å². The van der Waals surface area contributed by atoms with Crippen molar-refractivity contribution >= 4 is 6.41 Å². The summed E-state index contributed by atoms with van der Waals surface area (Å²) >= 11 is 0. The van der Waals surface area contributed by atoms with Crippen LogP contribution < -0.4 is 0 Å². The van der Waals surface area contributed by atoms with E-state index < -0.39 is 0 Å². The molecule has 1 amide bonds. The summed E-state index contributed by atoms with van der Waals surface area (Å²) in [5.41, 5.74) is 1.11. The van der Waals surface area contributed by atoms with Gasteiger partial charge < -0.3 is 9.88 Å². The van der Waals surface area contributed by atoms with E-state index in [1.54, 1.807) is 6.33 Å². The normalized spacial score (nSPS) is 27.2. The molecule has 0 aromatic carbocycles. The predicted octanol–water partition coefficient (Wildman–Crippen LogP) is 2.69. The zero-order chi connectivity index (χ0) is 13.1. The van der Waals surface area contributed by atoms with Crippen molar-refractivity contribution in [2.75, 3.05) is 6.54 Å². The van der Waals surface area contributed by atoms with Gasteiger partial charge in [0.1, 0.15) is 0 Å². The van der Waals surface area contributed by atoms with Crippen LogP contribution in [0.4, 0.5) is 0 Å². The molecule has 0 unspecified atom stereocenters. The van der Waals surface area contributed by atoms with Gasteiger partial charge in [-0.2, -0.15) is 0 Å². The fourth-order valence-electron chi connectivity index (χ4n) is 3.44. The molecule has 1 heterocycles. The second-order valence-electron chi connectivity index (χ2n) is 6.04. The van der Waals surface area contributed by atoms with Crippen LogP contribution in [-0.2, 0) is 4.79 Å². The highest BCUT2D eigenvalue weighted by molar-refractivity contribution is 5.49. The monoisotopic (exact) mass is 261 g/mol. The minimum absolute atomic E-state index is 0.393. The molecule has 3 rings (SSSR count). The van der Waals surface area contributed by atoms with Crippen LogP contribution in [0.3, 0.4) is 0 Å². The molecule has 2 fully saturated rings. The highest BCUT2D eigenvalue weighted by atomic mass is 16.1. The fraction of sp³-hybridized carbons (Fsp3) is 0.733. The van der Waals surface area contributed by atoms with Gasteiger partial charge in [-0.15, -0.1) is 0 Å². The number of hydrogen-bond acceptors (Lipinski definition) is 2. The lowest BCUT2D eigenvalue weighted by Gasteiger charge is -2.25. The summed E-state index contributed by atoms with van der Waals surface area (Å²) in [6.45, 7) is 0.930. The van der Waals surface area contributed by atoms with E-state index >= 15 is 0 Å². The zero-order valence-corrected chi connectivity index (χ0v) is 11.4. The Kier molecular flexibility index (Phi) is 3.85. The van der Waals surface area contributed by atoms with Gasteiger partial charge in [-0.05, 0) is 18.8 Å². The van der Waals surface area contributed by atoms with Crippen molar-refractivity contribution in [2.24, 2.45) is 5.92 Å².